The molecule has 0 atom stereocenters. The molecule has 17 heavy (non-hydrogen) atoms. The molecule has 1 saturated carbocycles. The van der Waals surface area contributed by atoms with Gasteiger partial charge in [0.15, 0.2) is 11.6 Å². The van der Waals surface area contributed by atoms with Crippen molar-refractivity contribution in [3.05, 3.63) is 27.2 Å². The first-order chi connectivity index (χ1) is 8.16. The van der Waals surface area contributed by atoms with Gasteiger partial charge in [0.05, 0.1) is 4.47 Å². The van der Waals surface area contributed by atoms with Crippen LogP contribution in [0.4, 0.5) is 0 Å². The van der Waals surface area contributed by atoms with Crippen molar-refractivity contribution in [2.75, 3.05) is 0 Å². The molecule has 0 saturated heterocycles. The van der Waals surface area contributed by atoms with Crippen molar-refractivity contribution in [1.82, 2.24) is 19.5 Å². The molecule has 6 heteroatoms. The molecule has 3 rings (SSSR count). The van der Waals surface area contributed by atoms with Gasteiger partial charge in [-0.1, -0.05) is 12.2 Å². The van der Waals surface area contributed by atoms with Gasteiger partial charge in [-0.3, -0.25) is 0 Å². The van der Waals surface area contributed by atoms with Crippen LogP contribution in [0.25, 0.3) is 11.6 Å². The molecule has 2 heterocycles. The summed E-state index contributed by atoms with van der Waals surface area (Å²) in [7, 11) is 1.94. The first kappa shape index (κ1) is 11.1. The van der Waals surface area contributed by atoms with Gasteiger partial charge in [0.25, 0.3) is 0 Å². The molecule has 1 aliphatic carbocycles. The van der Waals surface area contributed by atoms with E-state index in [-0.39, 0.29) is 0 Å². The largest absolute Gasteiger partial charge is 0.339 e. The van der Waals surface area contributed by atoms with Crippen molar-refractivity contribution in [1.29, 1.82) is 0 Å². The van der Waals surface area contributed by atoms with Gasteiger partial charge in [0.2, 0.25) is 0 Å². The van der Waals surface area contributed by atoms with Crippen LogP contribution < -0.4 is 0 Å². The Kier molecular flexibility index (Phi) is 2.63. The van der Waals surface area contributed by atoms with Crippen LogP contribution in [0.15, 0.2) is 16.9 Å². The lowest BCUT2D eigenvalue weighted by Crippen LogP contribution is -2.01. The van der Waals surface area contributed by atoms with E-state index < -0.39 is 0 Å². The van der Waals surface area contributed by atoms with E-state index in [1.54, 1.807) is 6.20 Å². The molecule has 1 N–H and O–H groups in total. The number of nitrogens with one attached hydrogen (secondary N) is 1. The Morgan fingerprint density at radius 1 is 1.53 bits per heavy atom. The molecule has 4 nitrogen and oxygen atoms in total. The molecule has 1 fully saturated rings. The molecule has 2 aromatic rings. The lowest BCUT2D eigenvalue weighted by Gasteiger charge is -2.07. The van der Waals surface area contributed by atoms with Crippen molar-refractivity contribution in [3.63, 3.8) is 0 Å². The third kappa shape index (κ3) is 1.95. The minimum Gasteiger partial charge on any atom is -0.339 e. The maximum atomic E-state index is 5.28. The second kappa shape index (κ2) is 4.03. The second-order valence-electron chi connectivity index (χ2n) is 4.25. The third-order valence-corrected chi connectivity index (χ3v) is 4.27. The molecule has 0 aliphatic heterocycles. The van der Waals surface area contributed by atoms with Gasteiger partial charge in [0, 0.05) is 31.1 Å². The molecule has 0 amide bonds. The Hall–Kier alpha value is -1.01. The number of hydrogen-bond acceptors (Lipinski definition) is 3. The van der Waals surface area contributed by atoms with Crippen molar-refractivity contribution >= 4 is 28.1 Å². The van der Waals surface area contributed by atoms with Gasteiger partial charge >= 0.3 is 0 Å². The van der Waals surface area contributed by atoms with Crippen LogP contribution in [-0.4, -0.2) is 19.5 Å². The van der Waals surface area contributed by atoms with Crippen LogP contribution in [0.5, 0.6) is 0 Å². The molecular weight excluding hydrogens is 300 g/mol. The maximum Gasteiger partial charge on any atom is 0.175 e. The van der Waals surface area contributed by atoms with Crippen molar-refractivity contribution < 1.29 is 0 Å². The number of aromatic amines is 1. The smallest absolute Gasteiger partial charge is 0.175 e. The van der Waals surface area contributed by atoms with Crippen LogP contribution in [0, 0.1) is 4.64 Å². The molecule has 1 aliphatic rings. The quantitative estimate of drug-likeness (QED) is 0.867. The first-order valence-corrected chi connectivity index (χ1v) is 6.64. The number of hydrogen-bond donors (Lipinski definition) is 1. The molecule has 0 unspecified atom stereocenters. The number of nitrogens with zero attached hydrogens (tertiary/aromatic N) is 3. The predicted octanol–water partition coefficient (Wildman–Crippen LogP) is 3.18. The van der Waals surface area contributed by atoms with E-state index in [0.717, 1.165) is 21.8 Å². The Labute approximate surface area is 112 Å². The number of aryl methyl sites for hydroxylation is 1. The minimum atomic E-state index is 0.591. The van der Waals surface area contributed by atoms with Crippen LogP contribution in [0.3, 0.4) is 0 Å². The molecule has 0 aromatic carbocycles. The van der Waals surface area contributed by atoms with Gasteiger partial charge in [-0.25, -0.2) is 9.97 Å². The zero-order valence-corrected chi connectivity index (χ0v) is 11.7. The SMILES string of the molecule is Cn1ccnc1-c1nc(=S)c(Br)c(C2CC2)[nH]1. The molecule has 0 radical (unpaired) electrons. The van der Waals surface area contributed by atoms with E-state index in [1.807, 2.05) is 17.8 Å². The van der Waals surface area contributed by atoms with Crippen LogP contribution in [0.2, 0.25) is 0 Å². The van der Waals surface area contributed by atoms with Gasteiger partial charge in [0.1, 0.15) is 4.64 Å². The summed E-state index contributed by atoms with van der Waals surface area (Å²) in [6.45, 7) is 0. The lowest BCUT2D eigenvalue weighted by molar-refractivity contribution is 0.888. The summed E-state index contributed by atoms with van der Waals surface area (Å²) in [4.78, 5) is 12.0. The fourth-order valence-electron chi connectivity index (χ4n) is 1.83. The van der Waals surface area contributed by atoms with Crippen molar-refractivity contribution in [2.24, 2.45) is 7.05 Å². The standard InChI is InChI=1S/C11H11BrN4S/c1-16-5-4-13-10(16)9-14-8(6-2-3-6)7(12)11(17)15-9/h4-6H,2-3H2,1H3,(H,14,15,17). The zero-order valence-electron chi connectivity index (χ0n) is 9.27. The summed E-state index contributed by atoms with van der Waals surface area (Å²) >= 11 is 8.79. The second-order valence-corrected chi connectivity index (χ2v) is 5.43. The minimum absolute atomic E-state index is 0.591. The highest BCUT2D eigenvalue weighted by atomic mass is 79.9. The normalized spacial score (nSPS) is 15.2. The van der Waals surface area contributed by atoms with E-state index >= 15 is 0 Å². The number of imidazole rings is 1. The van der Waals surface area contributed by atoms with Gasteiger partial charge in [-0.05, 0) is 28.8 Å². The highest BCUT2D eigenvalue weighted by Crippen LogP contribution is 2.42. The molecular formula is C11H11BrN4S. The summed E-state index contributed by atoms with van der Waals surface area (Å²) in [5, 5.41) is 0. The number of halogens is 1. The number of H-pyrrole nitrogens is 1. The maximum absolute atomic E-state index is 5.28. The summed E-state index contributed by atoms with van der Waals surface area (Å²) in [6.07, 6.45) is 6.08. The Bertz CT molecular complexity index is 627. The van der Waals surface area contributed by atoms with Gasteiger partial charge in [-0.15, -0.1) is 0 Å². The summed E-state index contributed by atoms with van der Waals surface area (Å²) < 4.78 is 3.45. The first-order valence-electron chi connectivity index (χ1n) is 5.44. The average molecular weight is 311 g/mol. The molecule has 0 spiro atoms. The summed E-state index contributed by atoms with van der Waals surface area (Å²) in [5.74, 6) is 2.14. The molecule has 0 bridgehead atoms. The van der Waals surface area contributed by atoms with E-state index in [1.165, 1.54) is 12.8 Å². The number of aromatic nitrogens is 4. The van der Waals surface area contributed by atoms with Gasteiger partial charge in [-0.2, -0.15) is 0 Å². The van der Waals surface area contributed by atoms with Crippen LogP contribution >= 0.6 is 28.1 Å². The Morgan fingerprint density at radius 3 is 2.88 bits per heavy atom. The van der Waals surface area contributed by atoms with Gasteiger partial charge < -0.3 is 9.55 Å². The highest BCUT2D eigenvalue weighted by Gasteiger charge is 2.28. The monoisotopic (exact) mass is 310 g/mol. The van der Waals surface area contributed by atoms with E-state index in [4.69, 9.17) is 12.2 Å². The molecule has 88 valence electrons. The Morgan fingerprint density at radius 2 is 2.29 bits per heavy atom. The number of rotatable bonds is 2. The van der Waals surface area contributed by atoms with Crippen LogP contribution in [0.1, 0.15) is 24.5 Å². The van der Waals surface area contributed by atoms with Crippen molar-refractivity contribution in [2.45, 2.75) is 18.8 Å². The Balaban J connectivity index is 2.18. The van der Waals surface area contributed by atoms with E-state index in [2.05, 4.69) is 30.9 Å². The third-order valence-electron chi connectivity index (χ3n) is 2.91. The van der Waals surface area contributed by atoms with E-state index in [9.17, 15) is 0 Å². The predicted molar refractivity (Wildman–Crippen MR) is 71.3 cm³/mol. The fraction of sp³-hybridized carbons (Fsp3) is 0.364. The zero-order chi connectivity index (χ0) is 12.0. The lowest BCUT2D eigenvalue weighted by atomic mass is 10.3. The summed E-state index contributed by atoms with van der Waals surface area (Å²) in [5.41, 5.74) is 1.16. The fourth-order valence-corrected chi connectivity index (χ4v) is 2.54. The molecule has 2 aromatic heterocycles. The topological polar surface area (TPSA) is 46.5 Å². The van der Waals surface area contributed by atoms with E-state index in [0.29, 0.717) is 10.6 Å². The van der Waals surface area contributed by atoms with Crippen molar-refractivity contribution in [3.8, 4) is 11.6 Å². The highest BCUT2D eigenvalue weighted by molar-refractivity contribution is 9.10. The van der Waals surface area contributed by atoms with Crippen LogP contribution in [-0.2, 0) is 7.05 Å². The summed E-state index contributed by atoms with van der Waals surface area (Å²) in [6, 6.07) is 0. The average Bonchev–Trinajstić information content (AvgIpc) is 3.05.